The van der Waals surface area contributed by atoms with Gasteiger partial charge in [0.1, 0.15) is 5.82 Å². The van der Waals surface area contributed by atoms with E-state index in [4.69, 9.17) is 0 Å². The zero-order chi connectivity index (χ0) is 21.1. The van der Waals surface area contributed by atoms with Crippen LogP contribution in [0.4, 0.5) is 14.9 Å². The van der Waals surface area contributed by atoms with E-state index in [-0.39, 0.29) is 11.8 Å². The molecule has 1 aliphatic carbocycles. The fourth-order valence-corrected chi connectivity index (χ4v) is 4.51. The molecule has 0 bridgehead atoms. The van der Waals surface area contributed by atoms with Gasteiger partial charge in [-0.2, -0.15) is 0 Å². The first-order valence-electron chi connectivity index (χ1n) is 10.8. The van der Waals surface area contributed by atoms with Crippen molar-refractivity contribution in [1.29, 1.82) is 0 Å². The van der Waals surface area contributed by atoms with Crippen LogP contribution in [0.2, 0.25) is 0 Å². The van der Waals surface area contributed by atoms with Crippen molar-refractivity contribution in [2.75, 3.05) is 39.0 Å². The van der Waals surface area contributed by atoms with Gasteiger partial charge in [0.25, 0.3) is 0 Å². The molecule has 158 valence electrons. The van der Waals surface area contributed by atoms with Crippen molar-refractivity contribution in [2.45, 2.75) is 31.6 Å². The number of carbonyl (C=O) groups is 1. The van der Waals surface area contributed by atoms with E-state index in [0.717, 1.165) is 56.6 Å². The average Bonchev–Trinajstić information content (AvgIpc) is 2.74. The zero-order valence-corrected chi connectivity index (χ0v) is 17.8. The third-order valence-electron chi connectivity index (χ3n) is 6.11. The Balaban J connectivity index is 1.34. The molecule has 1 fully saturated rings. The predicted octanol–water partition coefficient (Wildman–Crippen LogP) is 5.13. The van der Waals surface area contributed by atoms with E-state index in [1.54, 1.807) is 0 Å². The second kappa shape index (κ2) is 9.00. The molecule has 5 heteroatoms. The van der Waals surface area contributed by atoms with E-state index in [9.17, 15) is 9.18 Å². The van der Waals surface area contributed by atoms with Crippen LogP contribution in [0.3, 0.4) is 0 Å². The summed E-state index contributed by atoms with van der Waals surface area (Å²) in [6, 6.07) is 12.9. The molecule has 2 aliphatic rings. The molecule has 0 unspecified atom stereocenters. The Morgan fingerprint density at radius 2 is 1.83 bits per heavy atom. The van der Waals surface area contributed by atoms with Crippen LogP contribution in [0.15, 0.2) is 48.0 Å². The number of rotatable bonds is 4. The van der Waals surface area contributed by atoms with Crippen LogP contribution in [0.25, 0.3) is 6.08 Å². The Kier molecular flexibility index (Phi) is 6.18. The van der Waals surface area contributed by atoms with Gasteiger partial charge in [0, 0.05) is 25.3 Å². The number of carbonyl (C=O) groups excluding carboxylic acids is 1. The van der Waals surface area contributed by atoms with Gasteiger partial charge in [0.2, 0.25) is 0 Å². The zero-order valence-electron chi connectivity index (χ0n) is 17.8. The highest BCUT2D eigenvalue weighted by atomic mass is 19.1. The third kappa shape index (κ3) is 4.90. The molecule has 0 atom stereocenters. The first kappa shape index (κ1) is 20.6. The fourth-order valence-electron chi connectivity index (χ4n) is 4.51. The summed E-state index contributed by atoms with van der Waals surface area (Å²) in [4.78, 5) is 16.8. The van der Waals surface area contributed by atoms with Crippen molar-refractivity contribution in [3.8, 4) is 0 Å². The maximum absolute atomic E-state index is 13.1. The fraction of sp³-hybridized carbons (Fsp3) is 0.400. The monoisotopic (exact) mass is 407 g/mol. The highest BCUT2D eigenvalue weighted by Gasteiger charge is 2.24. The summed E-state index contributed by atoms with van der Waals surface area (Å²) in [5.74, 6) is 0.187. The number of likely N-dealkylation sites (tertiary alicyclic amines) is 1. The number of urea groups is 1. The molecule has 0 saturated carbocycles. The van der Waals surface area contributed by atoms with Crippen molar-refractivity contribution in [3.05, 3.63) is 70.5 Å². The van der Waals surface area contributed by atoms with Crippen LogP contribution >= 0.6 is 0 Å². The normalized spacial score (nSPS) is 16.9. The minimum Gasteiger partial charge on any atom is -0.324 e. The summed E-state index contributed by atoms with van der Waals surface area (Å²) in [7, 11) is 4.19. The number of piperidine rings is 1. The van der Waals surface area contributed by atoms with Gasteiger partial charge >= 0.3 is 6.03 Å². The van der Waals surface area contributed by atoms with Gasteiger partial charge in [-0.05, 0) is 86.7 Å². The second-order valence-electron chi connectivity index (χ2n) is 8.70. The second-order valence-corrected chi connectivity index (χ2v) is 8.70. The number of fused-ring (bicyclic) bond motifs is 1. The Labute approximate surface area is 178 Å². The summed E-state index contributed by atoms with van der Waals surface area (Å²) in [5.41, 5.74) is 6.03. The predicted molar refractivity (Wildman–Crippen MR) is 120 cm³/mol. The lowest BCUT2D eigenvalue weighted by Gasteiger charge is -2.32. The van der Waals surface area contributed by atoms with Crippen molar-refractivity contribution in [1.82, 2.24) is 9.80 Å². The number of likely N-dealkylation sites (N-methyl/N-ethyl adjacent to an activating group) is 1. The number of anilines is 1. The lowest BCUT2D eigenvalue weighted by molar-refractivity contribution is 0.194. The number of nitrogens with one attached hydrogen (secondary N) is 1. The Hall–Kier alpha value is -2.66. The van der Waals surface area contributed by atoms with E-state index < -0.39 is 0 Å². The van der Waals surface area contributed by atoms with E-state index in [2.05, 4.69) is 42.5 Å². The van der Waals surface area contributed by atoms with Gasteiger partial charge in [0.05, 0.1) is 0 Å². The van der Waals surface area contributed by atoms with Gasteiger partial charge in [0.15, 0.2) is 0 Å². The molecule has 4 nitrogen and oxygen atoms in total. The molecule has 0 spiro atoms. The molecular weight excluding hydrogens is 377 g/mol. The molecule has 0 radical (unpaired) electrons. The summed E-state index contributed by atoms with van der Waals surface area (Å²) in [6.45, 7) is 2.43. The summed E-state index contributed by atoms with van der Waals surface area (Å²) < 4.78 is 13.1. The average molecular weight is 408 g/mol. The molecular formula is C25H30FN3O. The first-order chi connectivity index (χ1) is 14.5. The van der Waals surface area contributed by atoms with Gasteiger partial charge in [-0.1, -0.05) is 29.8 Å². The highest BCUT2D eigenvalue weighted by Crippen LogP contribution is 2.29. The Morgan fingerprint density at radius 3 is 2.53 bits per heavy atom. The number of amides is 2. The quantitative estimate of drug-likeness (QED) is 0.763. The van der Waals surface area contributed by atoms with Crippen molar-refractivity contribution >= 4 is 17.8 Å². The number of halogens is 1. The number of hydrogen-bond donors (Lipinski definition) is 1. The Morgan fingerprint density at radius 1 is 1.10 bits per heavy atom. The highest BCUT2D eigenvalue weighted by molar-refractivity contribution is 5.89. The molecule has 2 amide bonds. The van der Waals surface area contributed by atoms with Gasteiger partial charge in [-0.15, -0.1) is 0 Å². The largest absolute Gasteiger partial charge is 0.324 e. The van der Waals surface area contributed by atoms with Crippen LogP contribution in [0.1, 0.15) is 41.9 Å². The number of aryl methyl sites for hydroxylation is 1. The van der Waals surface area contributed by atoms with Crippen LogP contribution in [0.5, 0.6) is 0 Å². The lowest BCUT2D eigenvalue weighted by atomic mass is 9.89. The first-order valence-corrected chi connectivity index (χ1v) is 10.8. The van der Waals surface area contributed by atoms with Crippen molar-refractivity contribution in [2.24, 2.45) is 0 Å². The number of nitrogens with zero attached hydrogens (tertiary/aromatic N) is 2. The van der Waals surface area contributed by atoms with Crippen LogP contribution < -0.4 is 5.32 Å². The molecule has 1 aliphatic heterocycles. The molecule has 4 rings (SSSR count). The topological polar surface area (TPSA) is 35.6 Å². The van der Waals surface area contributed by atoms with Crippen molar-refractivity contribution < 1.29 is 9.18 Å². The molecule has 2 aromatic rings. The van der Waals surface area contributed by atoms with Gasteiger partial charge in [-0.25, -0.2) is 9.18 Å². The van der Waals surface area contributed by atoms with Crippen LogP contribution in [-0.2, 0) is 6.42 Å². The minimum absolute atomic E-state index is 0.0350. The van der Waals surface area contributed by atoms with E-state index >= 15 is 0 Å². The maximum atomic E-state index is 13.1. The Bertz CT molecular complexity index is 928. The number of benzene rings is 2. The minimum atomic E-state index is -0.204. The molecule has 1 heterocycles. The summed E-state index contributed by atoms with van der Waals surface area (Å²) in [6.07, 6.45) is 6.18. The van der Waals surface area contributed by atoms with Gasteiger partial charge in [-0.3, -0.25) is 0 Å². The van der Waals surface area contributed by atoms with E-state index in [0.29, 0.717) is 5.92 Å². The smallest absolute Gasteiger partial charge is 0.321 e. The summed E-state index contributed by atoms with van der Waals surface area (Å²) in [5, 5.41) is 3.08. The summed E-state index contributed by atoms with van der Waals surface area (Å²) >= 11 is 0. The lowest BCUT2D eigenvalue weighted by Crippen LogP contribution is -2.40. The van der Waals surface area contributed by atoms with Gasteiger partial charge < -0.3 is 15.1 Å². The molecule has 1 saturated heterocycles. The third-order valence-corrected chi connectivity index (χ3v) is 6.11. The van der Waals surface area contributed by atoms with E-state index in [1.807, 2.05) is 23.1 Å². The molecule has 1 N–H and O–H groups in total. The van der Waals surface area contributed by atoms with Crippen molar-refractivity contribution in [3.63, 3.8) is 0 Å². The van der Waals surface area contributed by atoms with Crippen LogP contribution in [0, 0.1) is 5.82 Å². The molecule has 0 aromatic heterocycles. The molecule has 2 aromatic carbocycles. The standard InChI is InChI=1S/C25H30FN3O/c1-28(2)17-18-3-4-22-16-24(10-7-21(22)15-18)27-25(30)29-13-11-20(12-14-29)19-5-8-23(26)9-6-19/h5-10,15-16,20H,3-4,11-14,17H2,1-2H3,(H,27,30). The van der Waals surface area contributed by atoms with Crippen LogP contribution in [-0.4, -0.2) is 49.6 Å². The maximum Gasteiger partial charge on any atom is 0.321 e. The molecule has 30 heavy (non-hydrogen) atoms. The van der Waals surface area contributed by atoms with E-state index in [1.165, 1.54) is 28.8 Å². The number of hydrogen-bond acceptors (Lipinski definition) is 2. The SMILES string of the molecule is CN(C)CC1=Cc2ccc(NC(=O)N3CCC(c4ccc(F)cc4)CC3)cc2CC1.